The van der Waals surface area contributed by atoms with E-state index >= 15 is 0 Å². The average Bonchev–Trinajstić information content (AvgIpc) is 3.24. The maximum absolute atomic E-state index is 13.0. The summed E-state index contributed by atoms with van der Waals surface area (Å²) in [4.78, 5) is 18.7. The molecule has 35 heavy (non-hydrogen) atoms. The number of carbonyl (C=O) groups excluding carboxylic acids is 1. The lowest BCUT2D eigenvalue weighted by Crippen LogP contribution is -2.33. The van der Waals surface area contributed by atoms with Crippen molar-refractivity contribution in [3.05, 3.63) is 94.1 Å². The molecule has 0 amide bonds. The van der Waals surface area contributed by atoms with Crippen LogP contribution < -0.4 is 10.5 Å². The van der Waals surface area contributed by atoms with Crippen molar-refractivity contribution >= 4 is 34.0 Å². The summed E-state index contributed by atoms with van der Waals surface area (Å²) in [6, 6.07) is 21.5. The Kier molecular flexibility index (Phi) is 7.07. The fourth-order valence-electron chi connectivity index (χ4n) is 4.84. The van der Waals surface area contributed by atoms with Crippen molar-refractivity contribution in [2.75, 3.05) is 25.4 Å². The van der Waals surface area contributed by atoms with Gasteiger partial charge in [-0.3, -0.25) is 9.69 Å². The number of anilines is 1. The molecule has 4 aromatic rings. The molecule has 0 spiro atoms. The van der Waals surface area contributed by atoms with Crippen molar-refractivity contribution in [2.24, 2.45) is 0 Å². The Morgan fingerprint density at radius 1 is 1.03 bits per heavy atom. The second-order valence-corrected chi connectivity index (χ2v) is 9.61. The van der Waals surface area contributed by atoms with Crippen LogP contribution in [0.1, 0.15) is 40.0 Å². The van der Waals surface area contributed by atoms with Gasteiger partial charge >= 0.3 is 0 Å². The number of aryl methyl sites for hydroxylation is 2. The molecule has 1 aliphatic carbocycles. The van der Waals surface area contributed by atoms with Crippen LogP contribution in [0, 0.1) is 0 Å². The zero-order valence-corrected chi connectivity index (χ0v) is 20.5. The number of aromatic amines is 1. The Morgan fingerprint density at radius 3 is 2.69 bits per heavy atom. The van der Waals surface area contributed by atoms with Crippen molar-refractivity contribution in [3.63, 3.8) is 0 Å². The van der Waals surface area contributed by atoms with Gasteiger partial charge in [-0.2, -0.15) is 0 Å². The van der Waals surface area contributed by atoms with Crippen molar-refractivity contribution in [2.45, 2.75) is 32.2 Å². The van der Waals surface area contributed by atoms with Crippen molar-refractivity contribution in [1.29, 1.82) is 0 Å². The molecule has 1 heterocycles. The van der Waals surface area contributed by atoms with E-state index in [4.69, 9.17) is 22.1 Å². The number of carbonyl (C=O) groups is 1. The minimum Gasteiger partial charge on any atom is -0.492 e. The van der Waals surface area contributed by atoms with Gasteiger partial charge in [0.15, 0.2) is 5.78 Å². The number of benzene rings is 3. The first-order chi connectivity index (χ1) is 17.1. The standard InChI is InChI=1S/C29H30ClN3O2/c30-25-13-10-21(16-26(25)31)29(34)19-33(18-20-6-2-1-3-7-20)14-15-35-22-11-12-24-23-8-4-5-9-27(23)32-28(24)17-22/h1-3,6-7,10-13,16-17,32H,4-5,8-9,14-15,18-19,31H2. The van der Waals surface area contributed by atoms with E-state index in [2.05, 4.69) is 34.1 Å². The Labute approximate surface area is 210 Å². The fourth-order valence-corrected chi connectivity index (χ4v) is 4.96. The SMILES string of the molecule is Nc1cc(C(=O)CN(CCOc2ccc3c4c([nH]c3c2)CCCC4)Cc2ccccc2)ccc1Cl. The monoisotopic (exact) mass is 487 g/mol. The number of fused-ring (bicyclic) bond motifs is 3. The van der Waals surface area contributed by atoms with E-state index in [0.717, 1.165) is 29.7 Å². The Hall–Kier alpha value is -3.28. The number of nitrogens with zero attached hydrogens (tertiary/aromatic N) is 1. The fraction of sp³-hybridized carbons (Fsp3) is 0.276. The van der Waals surface area contributed by atoms with Crippen LogP contribution in [0.3, 0.4) is 0 Å². The van der Waals surface area contributed by atoms with Crippen LogP contribution in [0.2, 0.25) is 5.02 Å². The first kappa shape index (κ1) is 23.5. The molecule has 0 fully saturated rings. The zero-order chi connectivity index (χ0) is 24.2. The highest BCUT2D eigenvalue weighted by atomic mass is 35.5. The topological polar surface area (TPSA) is 71.3 Å². The van der Waals surface area contributed by atoms with E-state index in [9.17, 15) is 4.79 Å². The van der Waals surface area contributed by atoms with Crippen LogP contribution in [0.4, 0.5) is 5.69 Å². The number of ketones is 1. The Morgan fingerprint density at radius 2 is 1.86 bits per heavy atom. The molecule has 3 N–H and O–H groups in total. The predicted molar refractivity (Wildman–Crippen MR) is 142 cm³/mol. The van der Waals surface area contributed by atoms with Gasteiger partial charge in [0.2, 0.25) is 0 Å². The van der Waals surface area contributed by atoms with Crippen LogP contribution in [-0.2, 0) is 19.4 Å². The van der Waals surface area contributed by atoms with Gasteiger partial charge in [0.05, 0.1) is 17.3 Å². The number of Topliss-reactive ketones (excluding diaryl/α,β-unsaturated/α-hetero) is 1. The molecular weight excluding hydrogens is 458 g/mol. The third-order valence-electron chi connectivity index (χ3n) is 6.68. The quantitative estimate of drug-likeness (QED) is 0.223. The van der Waals surface area contributed by atoms with Crippen LogP contribution >= 0.6 is 11.6 Å². The molecule has 5 rings (SSSR count). The highest BCUT2D eigenvalue weighted by Crippen LogP contribution is 2.31. The molecule has 0 unspecified atom stereocenters. The van der Waals surface area contributed by atoms with E-state index in [1.54, 1.807) is 18.2 Å². The molecule has 180 valence electrons. The Balaban J connectivity index is 1.26. The molecular formula is C29H30ClN3O2. The molecule has 0 radical (unpaired) electrons. The molecule has 6 heteroatoms. The summed E-state index contributed by atoms with van der Waals surface area (Å²) in [5.74, 6) is 0.843. The van der Waals surface area contributed by atoms with Gasteiger partial charge in [0.25, 0.3) is 0 Å². The number of nitrogens with one attached hydrogen (secondary N) is 1. The molecule has 0 bridgehead atoms. The van der Waals surface area contributed by atoms with Gasteiger partial charge in [0.1, 0.15) is 12.4 Å². The van der Waals surface area contributed by atoms with Crippen molar-refractivity contribution in [1.82, 2.24) is 9.88 Å². The smallest absolute Gasteiger partial charge is 0.176 e. The minimum atomic E-state index is 0.00248. The van der Waals surface area contributed by atoms with Gasteiger partial charge in [-0.1, -0.05) is 41.9 Å². The Bertz CT molecular complexity index is 1330. The lowest BCUT2D eigenvalue weighted by molar-refractivity contribution is 0.0912. The van der Waals surface area contributed by atoms with Crippen LogP contribution in [0.15, 0.2) is 66.7 Å². The third-order valence-corrected chi connectivity index (χ3v) is 7.02. The highest BCUT2D eigenvalue weighted by Gasteiger charge is 2.17. The lowest BCUT2D eigenvalue weighted by Gasteiger charge is -2.22. The summed E-state index contributed by atoms with van der Waals surface area (Å²) >= 11 is 6.03. The van der Waals surface area contributed by atoms with Crippen LogP contribution in [0.25, 0.3) is 10.9 Å². The maximum Gasteiger partial charge on any atom is 0.176 e. The number of nitrogen functional groups attached to an aromatic ring is 1. The maximum atomic E-state index is 13.0. The predicted octanol–water partition coefficient (Wildman–Crippen LogP) is 6.05. The van der Waals surface area contributed by atoms with Gasteiger partial charge < -0.3 is 15.5 Å². The summed E-state index contributed by atoms with van der Waals surface area (Å²) in [6.45, 7) is 2.01. The zero-order valence-electron chi connectivity index (χ0n) is 19.7. The number of H-pyrrole nitrogens is 1. The number of nitrogens with two attached hydrogens (primary N) is 1. The van der Waals surface area contributed by atoms with Gasteiger partial charge in [-0.25, -0.2) is 0 Å². The normalized spacial score (nSPS) is 13.2. The number of ether oxygens (including phenoxy) is 1. The van der Waals surface area contributed by atoms with Crippen molar-refractivity contribution in [3.8, 4) is 5.75 Å². The van der Waals surface area contributed by atoms with Crippen molar-refractivity contribution < 1.29 is 9.53 Å². The van der Waals surface area contributed by atoms with Gasteiger partial charge in [-0.05, 0) is 67.1 Å². The lowest BCUT2D eigenvalue weighted by atomic mass is 9.96. The largest absolute Gasteiger partial charge is 0.492 e. The van der Waals surface area contributed by atoms with Gasteiger partial charge in [-0.15, -0.1) is 0 Å². The molecule has 0 aliphatic heterocycles. The number of aromatic nitrogens is 1. The molecule has 3 aromatic carbocycles. The van der Waals surface area contributed by atoms with E-state index in [1.165, 1.54) is 29.5 Å². The van der Waals surface area contributed by atoms with E-state index < -0.39 is 0 Å². The molecule has 1 aromatic heterocycles. The first-order valence-electron chi connectivity index (χ1n) is 12.2. The number of hydrogen-bond donors (Lipinski definition) is 2. The summed E-state index contributed by atoms with van der Waals surface area (Å²) < 4.78 is 6.13. The summed E-state index contributed by atoms with van der Waals surface area (Å²) in [5, 5.41) is 1.77. The first-order valence-corrected chi connectivity index (χ1v) is 12.6. The second-order valence-electron chi connectivity index (χ2n) is 9.20. The van der Waals surface area contributed by atoms with Crippen LogP contribution in [0.5, 0.6) is 5.75 Å². The minimum absolute atomic E-state index is 0.00248. The van der Waals surface area contributed by atoms with Crippen LogP contribution in [-0.4, -0.2) is 35.4 Å². The third kappa shape index (κ3) is 5.53. The molecule has 5 nitrogen and oxygen atoms in total. The summed E-state index contributed by atoms with van der Waals surface area (Å²) in [6.07, 6.45) is 4.79. The number of halogens is 1. The van der Waals surface area contributed by atoms with E-state index in [0.29, 0.717) is 36.0 Å². The number of hydrogen-bond acceptors (Lipinski definition) is 4. The second kappa shape index (κ2) is 10.5. The van der Waals surface area contributed by atoms with E-state index in [-0.39, 0.29) is 12.3 Å². The average molecular weight is 488 g/mol. The number of rotatable bonds is 9. The van der Waals surface area contributed by atoms with E-state index in [1.807, 2.05) is 24.3 Å². The molecule has 0 saturated heterocycles. The molecule has 0 atom stereocenters. The summed E-state index contributed by atoms with van der Waals surface area (Å²) in [7, 11) is 0. The molecule has 1 aliphatic rings. The molecule has 0 saturated carbocycles. The van der Waals surface area contributed by atoms with Gasteiger partial charge in [0, 0.05) is 41.3 Å². The highest BCUT2D eigenvalue weighted by molar-refractivity contribution is 6.33. The summed E-state index contributed by atoms with van der Waals surface area (Å²) in [5.41, 5.74) is 12.0.